The van der Waals surface area contributed by atoms with Crippen molar-refractivity contribution >= 4 is 16.8 Å². The lowest BCUT2D eigenvalue weighted by Gasteiger charge is -2.10. The van der Waals surface area contributed by atoms with Crippen molar-refractivity contribution in [2.24, 2.45) is 0 Å². The molecule has 0 saturated heterocycles. The molecule has 4 aromatic rings. The lowest BCUT2D eigenvalue weighted by Crippen LogP contribution is -2.10. The molecular formula is C23H20F2N4O2. The van der Waals surface area contributed by atoms with Gasteiger partial charge < -0.3 is 14.6 Å². The Bertz CT molecular complexity index is 1280. The molecule has 0 aliphatic heterocycles. The number of ketones is 1. The standard InChI is InChI=1S/C23H20F2N4O2/c1-29(2)12-13-4-6-17-18(8-13)28-23(27-17)22(30)15-9-14(10-26-11-15)20-19(31-3)7-5-16(24)21(20)25/h4-11H,12H2,1-3H3,(H,27,28). The molecule has 0 amide bonds. The van der Waals surface area contributed by atoms with Crippen LogP contribution in [0.3, 0.4) is 0 Å². The fourth-order valence-electron chi connectivity index (χ4n) is 3.44. The van der Waals surface area contributed by atoms with Crippen LogP contribution in [0.2, 0.25) is 0 Å². The average Bonchev–Trinajstić information content (AvgIpc) is 3.18. The van der Waals surface area contributed by atoms with Crippen LogP contribution in [-0.2, 0) is 6.54 Å². The zero-order chi connectivity index (χ0) is 22.1. The molecule has 1 N–H and O–H groups in total. The third kappa shape index (κ3) is 4.02. The highest BCUT2D eigenvalue weighted by atomic mass is 19.2. The highest BCUT2D eigenvalue weighted by Crippen LogP contribution is 2.34. The summed E-state index contributed by atoms with van der Waals surface area (Å²) in [5.41, 5.74) is 2.80. The molecule has 0 aliphatic carbocycles. The van der Waals surface area contributed by atoms with Crippen LogP contribution in [0.1, 0.15) is 21.7 Å². The summed E-state index contributed by atoms with van der Waals surface area (Å²) < 4.78 is 33.4. The number of imidazole rings is 1. The number of ether oxygens (including phenoxy) is 1. The van der Waals surface area contributed by atoms with Gasteiger partial charge in [0, 0.05) is 30.1 Å². The lowest BCUT2D eigenvalue weighted by molar-refractivity contribution is 0.103. The molecular weight excluding hydrogens is 402 g/mol. The number of pyridine rings is 1. The third-order valence-electron chi connectivity index (χ3n) is 4.83. The summed E-state index contributed by atoms with van der Waals surface area (Å²) >= 11 is 0. The lowest BCUT2D eigenvalue weighted by atomic mass is 10.0. The van der Waals surface area contributed by atoms with Gasteiger partial charge in [0.2, 0.25) is 5.78 Å². The number of nitrogens with one attached hydrogen (secondary N) is 1. The van der Waals surface area contributed by atoms with E-state index in [2.05, 4.69) is 15.0 Å². The Balaban J connectivity index is 1.72. The Kier molecular flexibility index (Phi) is 5.48. The molecule has 158 valence electrons. The smallest absolute Gasteiger partial charge is 0.229 e. The molecule has 0 radical (unpaired) electrons. The molecule has 0 spiro atoms. The van der Waals surface area contributed by atoms with Crippen molar-refractivity contribution < 1.29 is 18.3 Å². The molecule has 2 heterocycles. The highest BCUT2D eigenvalue weighted by Gasteiger charge is 2.20. The van der Waals surface area contributed by atoms with Gasteiger partial charge in [-0.25, -0.2) is 13.8 Å². The largest absolute Gasteiger partial charge is 0.496 e. The maximum atomic E-state index is 14.5. The number of fused-ring (bicyclic) bond motifs is 1. The van der Waals surface area contributed by atoms with Gasteiger partial charge in [-0.3, -0.25) is 9.78 Å². The number of methoxy groups -OCH3 is 1. The Morgan fingerprint density at radius 2 is 1.94 bits per heavy atom. The Hall–Kier alpha value is -3.65. The summed E-state index contributed by atoms with van der Waals surface area (Å²) in [5.74, 6) is -2.21. The molecule has 0 bridgehead atoms. The van der Waals surface area contributed by atoms with Crippen LogP contribution in [0.5, 0.6) is 5.75 Å². The number of nitrogens with zero attached hydrogens (tertiary/aromatic N) is 3. The first-order chi connectivity index (χ1) is 14.9. The first-order valence-corrected chi connectivity index (χ1v) is 9.53. The van der Waals surface area contributed by atoms with E-state index in [4.69, 9.17) is 4.74 Å². The number of hydrogen-bond acceptors (Lipinski definition) is 5. The predicted molar refractivity (Wildman–Crippen MR) is 113 cm³/mol. The van der Waals surface area contributed by atoms with Crippen LogP contribution in [0.15, 0.2) is 48.8 Å². The van der Waals surface area contributed by atoms with Crippen LogP contribution in [0.25, 0.3) is 22.2 Å². The molecule has 0 atom stereocenters. The fraction of sp³-hybridized carbons (Fsp3) is 0.174. The average molecular weight is 422 g/mol. The van der Waals surface area contributed by atoms with E-state index in [-0.39, 0.29) is 28.3 Å². The van der Waals surface area contributed by atoms with Gasteiger partial charge in [0.15, 0.2) is 17.5 Å². The molecule has 4 rings (SSSR count). The summed E-state index contributed by atoms with van der Waals surface area (Å²) in [6.45, 7) is 0.755. The van der Waals surface area contributed by atoms with Crippen molar-refractivity contribution in [3.63, 3.8) is 0 Å². The second-order valence-corrected chi connectivity index (χ2v) is 7.40. The highest BCUT2D eigenvalue weighted by molar-refractivity contribution is 6.08. The number of hydrogen-bond donors (Lipinski definition) is 1. The molecule has 6 nitrogen and oxygen atoms in total. The van der Waals surface area contributed by atoms with E-state index >= 15 is 0 Å². The van der Waals surface area contributed by atoms with Gasteiger partial charge in [0.25, 0.3) is 0 Å². The van der Waals surface area contributed by atoms with Gasteiger partial charge in [0.05, 0.1) is 23.7 Å². The molecule has 0 saturated carbocycles. The fourth-order valence-corrected chi connectivity index (χ4v) is 3.44. The van der Waals surface area contributed by atoms with Crippen LogP contribution in [-0.4, -0.2) is 46.8 Å². The second-order valence-electron chi connectivity index (χ2n) is 7.40. The molecule has 8 heteroatoms. The van der Waals surface area contributed by atoms with Crippen LogP contribution in [0, 0.1) is 11.6 Å². The number of aromatic amines is 1. The van der Waals surface area contributed by atoms with Crippen molar-refractivity contribution in [3.8, 4) is 16.9 Å². The maximum absolute atomic E-state index is 14.5. The predicted octanol–water partition coefficient (Wildman–Crippen LogP) is 4.20. The Morgan fingerprint density at radius 1 is 1.13 bits per heavy atom. The van der Waals surface area contributed by atoms with Crippen molar-refractivity contribution in [2.75, 3.05) is 21.2 Å². The number of H-pyrrole nitrogens is 1. The summed E-state index contributed by atoms with van der Waals surface area (Å²) in [4.78, 5) is 26.5. The first-order valence-electron chi connectivity index (χ1n) is 9.53. The van der Waals surface area contributed by atoms with Gasteiger partial charge in [-0.15, -0.1) is 0 Å². The molecule has 0 fully saturated rings. The molecule has 0 unspecified atom stereocenters. The van der Waals surface area contributed by atoms with Gasteiger partial charge in [-0.2, -0.15) is 0 Å². The zero-order valence-electron chi connectivity index (χ0n) is 17.2. The van der Waals surface area contributed by atoms with E-state index in [9.17, 15) is 13.6 Å². The number of carbonyl (C=O) groups is 1. The topological polar surface area (TPSA) is 71.1 Å². The SMILES string of the molecule is COc1ccc(F)c(F)c1-c1cncc(C(=O)c2nc3ccc(CN(C)C)cc3[nH]2)c1. The number of aromatic nitrogens is 3. The van der Waals surface area contributed by atoms with E-state index in [1.165, 1.54) is 31.6 Å². The Labute approximate surface area is 177 Å². The maximum Gasteiger partial charge on any atom is 0.229 e. The zero-order valence-corrected chi connectivity index (χ0v) is 17.2. The van der Waals surface area contributed by atoms with E-state index in [0.29, 0.717) is 5.52 Å². The summed E-state index contributed by atoms with van der Waals surface area (Å²) in [6.07, 6.45) is 2.71. The molecule has 0 aliphatic rings. The molecule has 31 heavy (non-hydrogen) atoms. The first kappa shape index (κ1) is 20.6. The van der Waals surface area contributed by atoms with Crippen molar-refractivity contribution in [1.29, 1.82) is 0 Å². The van der Waals surface area contributed by atoms with Gasteiger partial charge in [-0.05, 0) is 50.0 Å². The summed E-state index contributed by atoms with van der Waals surface area (Å²) in [5, 5.41) is 0. The number of rotatable bonds is 6. The van der Waals surface area contributed by atoms with Crippen LogP contribution < -0.4 is 4.74 Å². The minimum Gasteiger partial charge on any atom is -0.496 e. The second kappa shape index (κ2) is 8.23. The van der Waals surface area contributed by atoms with Crippen molar-refractivity contribution in [2.45, 2.75) is 6.54 Å². The van der Waals surface area contributed by atoms with Crippen LogP contribution in [0.4, 0.5) is 8.78 Å². The van der Waals surface area contributed by atoms with E-state index in [1.807, 2.05) is 37.2 Å². The van der Waals surface area contributed by atoms with E-state index in [1.54, 1.807) is 0 Å². The van der Waals surface area contributed by atoms with Gasteiger partial charge >= 0.3 is 0 Å². The number of benzene rings is 2. The Morgan fingerprint density at radius 3 is 2.68 bits per heavy atom. The van der Waals surface area contributed by atoms with Crippen LogP contribution >= 0.6 is 0 Å². The minimum absolute atomic E-state index is 0.0948. The van der Waals surface area contributed by atoms with Gasteiger partial charge in [-0.1, -0.05) is 6.07 Å². The minimum atomic E-state index is -1.07. The normalized spacial score (nSPS) is 11.3. The third-order valence-corrected chi connectivity index (χ3v) is 4.83. The number of halogens is 2. The van der Waals surface area contributed by atoms with Crippen molar-refractivity contribution in [3.05, 3.63) is 77.4 Å². The van der Waals surface area contributed by atoms with E-state index < -0.39 is 17.4 Å². The quantitative estimate of drug-likeness (QED) is 0.472. The van der Waals surface area contributed by atoms with E-state index in [0.717, 1.165) is 23.7 Å². The summed E-state index contributed by atoms with van der Waals surface area (Å²) in [6, 6.07) is 9.51. The monoisotopic (exact) mass is 422 g/mol. The number of carbonyl (C=O) groups excluding carboxylic acids is 1. The molecule has 2 aromatic heterocycles. The van der Waals surface area contributed by atoms with Crippen molar-refractivity contribution in [1.82, 2.24) is 19.9 Å². The molecule has 2 aromatic carbocycles. The summed E-state index contributed by atoms with van der Waals surface area (Å²) in [7, 11) is 5.31. The van der Waals surface area contributed by atoms with Gasteiger partial charge in [0.1, 0.15) is 5.75 Å².